The van der Waals surface area contributed by atoms with E-state index in [0.29, 0.717) is 5.92 Å². The van der Waals surface area contributed by atoms with Crippen LogP contribution in [0.5, 0.6) is 0 Å². The van der Waals surface area contributed by atoms with E-state index in [1.807, 2.05) is 7.11 Å². The standard InChI is InChI=1S/C18H37NO/c1-13(2)10-19-11-17-8-7-16(14(3)4)9-18(17)15(5)12-20-6/h13-19H,7-12H2,1-6H3. The van der Waals surface area contributed by atoms with Crippen molar-refractivity contribution in [3.8, 4) is 0 Å². The minimum absolute atomic E-state index is 0.687. The molecule has 1 rings (SSSR count). The summed E-state index contributed by atoms with van der Waals surface area (Å²) in [6, 6.07) is 0. The highest BCUT2D eigenvalue weighted by molar-refractivity contribution is 4.85. The van der Waals surface area contributed by atoms with Crippen LogP contribution in [0.4, 0.5) is 0 Å². The number of rotatable bonds is 8. The Balaban J connectivity index is 2.56. The van der Waals surface area contributed by atoms with Gasteiger partial charge in [0.2, 0.25) is 0 Å². The Labute approximate surface area is 127 Å². The van der Waals surface area contributed by atoms with Crippen molar-refractivity contribution < 1.29 is 4.74 Å². The zero-order chi connectivity index (χ0) is 15.1. The molecule has 0 aromatic carbocycles. The molecule has 0 aromatic rings. The number of nitrogens with one attached hydrogen (secondary N) is 1. The van der Waals surface area contributed by atoms with Crippen molar-refractivity contribution in [3.05, 3.63) is 0 Å². The van der Waals surface area contributed by atoms with E-state index < -0.39 is 0 Å². The zero-order valence-electron chi connectivity index (χ0n) is 14.6. The van der Waals surface area contributed by atoms with Crippen molar-refractivity contribution in [1.29, 1.82) is 0 Å². The van der Waals surface area contributed by atoms with Gasteiger partial charge in [0, 0.05) is 13.7 Å². The predicted molar refractivity (Wildman–Crippen MR) is 87.9 cm³/mol. The molecule has 0 aromatic heterocycles. The minimum atomic E-state index is 0.687. The van der Waals surface area contributed by atoms with E-state index in [0.717, 1.165) is 42.7 Å². The summed E-state index contributed by atoms with van der Waals surface area (Å²) < 4.78 is 5.42. The van der Waals surface area contributed by atoms with Crippen molar-refractivity contribution in [1.82, 2.24) is 5.32 Å². The first-order valence-corrected chi connectivity index (χ1v) is 8.65. The monoisotopic (exact) mass is 283 g/mol. The van der Waals surface area contributed by atoms with Gasteiger partial charge in [0.1, 0.15) is 0 Å². The maximum absolute atomic E-state index is 5.42. The number of hydrogen-bond donors (Lipinski definition) is 1. The second-order valence-electron chi connectivity index (χ2n) is 7.73. The van der Waals surface area contributed by atoms with Crippen LogP contribution in [-0.2, 0) is 4.74 Å². The molecule has 4 unspecified atom stereocenters. The lowest BCUT2D eigenvalue weighted by atomic mass is 9.66. The van der Waals surface area contributed by atoms with E-state index in [4.69, 9.17) is 4.74 Å². The molecule has 0 aliphatic heterocycles. The normalized spacial score (nSPS) is 29.1. The highest BCUT2D eigenvalue weighted by atomic mass is 16.5. The smallest absolute Gasteiger partial charge is 0.0490 e. The molecular formula is C18H37NO. The molecule has 0 heterocycles. The average molecular weight is 284 g/mol. The van der Waals surface area contributed by atoms with Gasteiger partial charge < -0.3 is 10.1 Å². The highest BCUT2D eigenvalue weighted by Crippen LogP contribution is 2.41. The van der Waals surface area contributed by atoms with E-state index in [2.05, 4.69) is 39.9 Å². The van der Waals surface area contributed by atoms with Crippen molar-refractivity contribution >= 4 is 0 Å². The number of ether oxygens (including phenoxy) is 1. The Hall–Kier alpha value is -0.0800. The lowest BCUT2D eigenvalue weighted by molar-refractivity contribution is 0.0553. The largest absolute Gasteiger partial charge is 0.384 e. The highest BCUT2D eigenvalue weighted by Gasteiger charge is 2.34. The third-order valence-corrected chi connectivity index (χ3v) is 5.15. The summed E-state index contributed by atoms with van der Waals surface area (Å²) in [4.78, 5) is 0. The fraction of sp³-hybridized carbons (Fsp3) is 1.00. The molecule has 1 fully saturated rings. The van der Waals surface area contributed by atoms with Gasteiger partial charge in [0.05, 0.1) is 0 Å². The first kappa shape index (κ1) is 18.0. The van der Waals surface area contributed by atoms with E-state index in [-0.39, 0.29) is 0 Å². The van der Waals surface area contributed by atoms with Gasteiger partial charge in [-0.2, -0.15) is 0 Å². The quantitative estimate of drug-likeness (QED) is 0.721. The first-order chi connectivity index (χ1) is 9.45. The van der Waals surface area contributed by atoms with Crippen molar-refractivity contribution in [2.24, 2.45) is 35.5 Å². The maximum Gasteiger partial charge on any atom is 0.0490 e. The Morgan fingerprint density at radius 3 is 2.35 bits per heavy atom. The van der Waals surface area contributed by atoms with Gasteiger partial charge in [-0.1, -0.05) is 34.6 Å². The molecule has 0 radical (unpaired) electrons. The molecule has 0 bridgehead atoms. The van der Waals surface area contributed by atoms with Gasteiger partial charge in [-0.3, -0.25) is 0 Å². The van der Waals surface area contributed by atoms with Crippen LogP contribution in [0, 0.1) is 35.5 Å². The first-order valence-electron chi connectivity index (χ1n) is 8.65. The Morgan fingerprint density at radius 1 is 1.10 bits per heavy atom. The molecule has 0 spiro atoms. The zero-order valence-corrected chi connectivity index (χ0v) is 14.6. The summed E-state index contributed by atoms with van der Waals surface area (Å²) >= 11 is 0. The third kappa shape index (κ3) is 5.73. The molecular weight excluding hydrogens is 246 g/mol. The van der Waals surface area contributed by atoms with Gasteiger partial charge >= 0.3 is 0 Å². The summed E-state index contributed by atoms with van der Waals surface area (Å²) in [5.74, 6) is 4.85. The van der Waals surface area contributed by atoms with Crippen LogP contribution >= 0.6 is 0 Å². The third-order valence-electron chi connectivity index (χ3n) is 5.15. The molecule has 1 aliphatic carbocycles. The van der Waals surface area contributed by atoms with E-state index in [1.54, 1.807) is 0 Å². The van der Waals surface area contributed by atoms with Crippen LogP contribution in [0.2, 0.25) is 0 Å². The topological polar surface area (TPSA) is 21.3 Å². The summed E-state index contributed by atoms with van der Waals surface area (Å²) in [6.45, 7) is 15.0. The fourth-order valence-corrected chi connectivity index (χ4v) is 3.80. The van der Waals surface area contributed by atoms with Crippen LogP contribution in [0.1, 0.15) is 53.9 Å². The molecule has 1 aliphatic rings. The lowest BCUT2D eigenvalue weighted by Gasteiger charge is -2.41. The van der Waals surface area contributed by atoms with Crippen molar-refractivity contribution in [2.45, 2.75) is 53.9 Å². The number of methoxy groups -OCH3 is 1. The average Bonchev–Trinajstić information content (AvgIpc) is 2.38. The van der Waals surface area contributed by atoms with Crippen molar-refractivity contribution in [3.63, 3.8) is 0 Å². The van der Waals surface area contributed by atoms with Gasteiger partial charge in [-0.25, -0.2) is 0 Å². The fourth-order valence-electron chi connectivity index (χ4n) is 3.80. The van der Waals surface area contributed by atoms with Gasteiger partial charge in [-0.15, -0.1) is 0 Å². The number of hydrogen-bond acceptors (Lipinski definition) is 2. The molecule has 2 nitrogen and oxygen atoms in total. The van der Waals surface area contributed by atoms with Crippen LogP contribution in [0.25, 0.3) is 0 Å². The molecule has 4 atom stereocenters. The lowest BCUT2D eigenvalue weighted by Crippen LogP contribution is -2.39. The summed E-state index contributed by atoms with van der Waals surface area (Å²) in [6.07, 6.45) is 4.21. The van der Waals surface area contributed by atoms with E-state index >= 15 is 0 Å². The minimum Gasteiger partial charge on any atom is -0.384 e. The van der Waals surface area contributed by atoms with Crippen molar-refractivity contribution in [2.75, 3.05) is 26.8 Å². The van der Waals surface area contributed by atoms with Gasteiger partial charge in [-0.05, 0) is 67.9 Å². The van der Waals surface area contributed by atoms with Crippen LogP contribution in [0.15, 0.2) is 0 Å². The molecule has 1 saturated carbocycles. The Morgan fingerprint density at radius 2 is 1.80 bits per heavy atom. The Bertz CT molecular complexity index is 250. The molecule has 2 heteroatoms. The van der Waals surface area contributed by atoms with Crippen LogP contribution in [0.3, 0.4) is 0 Å². The Kier molecular flexibility index (Phi) is 8.13. The van der Waals surface area contributed by atoms with Crippen LogP contribution < -0.4 is 5.32 Å². The van der Waals surface area contributed by atoms with Gasteiger partial charge in [0.15, 0.2) is 0 Å². The maximum atomic E-state index is 5.42. The SMILES string of the molecule is COCC(C)C1CC(C(C)C)CCC1CNCC(C)C. The molecule has 1 N–H and O–H groups in total. The second kappa shape index (κ2) is 9.04. The summed E-state index contributed by atoms with van der Waals surface area (Å²) in [5.41, 5.74) is 0. The van der Waals surface area contributed by atoms with E-state index in [1.165, 1.54) is 25.8 Å². The molecule has 0 saturated heterocycles. The molecule has 0 amide bonds. The molecule has 20 heavy (non-hydrogen) atoms. The second-order valence-corrected chi connectivity index (χ2v) is 7.73. The van der Waals surface area contributed by atoms with Gasteiger partial charge in [0.25, 0.3) is 0 Å². The summed E-state index contributed by atoms with van der Waals surface area (Å²) in [7, 11) is 1.84. The predicted octanol–water partition coefficient (Wildman–Crippen LogP) is 4.20. The van der Waals surface area contributed by atoms with E-state index in [9.17, 15) is 0 Å². The molecule has 120 valence electrons. The summed E-state index contributed by atoms with van der Waals surface area (Å²) in [5, 5.41) is 3.68. The van der Waals surface area contributed by atoms with Crippen LogP contribution in [-0.4, -0.2) is 26.8 Å².